The van der Waals surface area contributed by atoms with E-state index in [1.807, 2.05) is 24.3 Å². The van der Waals surface area contributed by atoms with Gasteiger partial charge in [0, 0.05) is 6.04 Å². The fraction of sp³-hybridized carbons (Fsp3) is 0.214. The number of nitrogens with zero attached hydrogens (tertiary/aromatic N) is 1. The molecule has 2 aromatic rings. The van der Waals surface area contributed by atoms with Crippen molar-refractivity contribution in [2.24, 2.45) is 0 Å². The number of benzene rings is 1. The minimum Gasteiger partial charge on any atom is -0.496 e. The van der Waals surface area contributed by atoms with E-state index in [-0.39, 0.29) is 6.04 Å². The van der Waals surface area contributed by atoms with Crippen LogP contribution >= 0.6 is 43.5 Å². The van der Waals surface area contributed by atoms with E-state index in [4.69, 9.17) is 16.3 Å². The fourth-order valence-electron chi connectivity index (χ4n) is 1.79. The second-order valence-corrected chi connectivity index (χ2v) is 6.32. The van der Waals surface area contributed by atoms with Crippen LogP contribution in [0.5, 0.6) is 5.75 Å². The fourth-order valence-corrected chi connectivity index (χ4v) is 2.80. The molecule has 0 aliphatic carbocycles. The summed E-state index contributed by atoms with van der Waals surface area (Å²) < 4.78 is 6.93. The molecule has 1 N–H and O–H groups in total. The van der Waals surface area contributed by atoms with Crippen LogP contribution < -0.4 is 10.1 Å². The largest absolute Gasteiger partial charge is 0.496 e. The number of pyridine rings is 1. The van der Waals surface area contributed by atoms with E-state index in [2.05, 4.69) is 49.1 Å². The minimum absolute atomic E-state index is 0.132. The molecule has 6 heteroatoms. The van der Waals surface area contributed by atoms with Gasteiger partial charge in [-0.05, 0) is 62.5 Å². The van der Waals surface area contributed by atoms with E-state index >= 15 is 0 Å². The van der Waals surface area contributed by atoms with Gasteiger partial charge >= 0.3 is 0 Å². The molecule has 1 atom stereocenters. The molecule has 0 spiro atoms. The lowest BCUT2D eigenvalue weighted by molar-refractivity contribution is 0.412. The van der Waals surface area contributed by atoms with E-state index in [0.29, 0.717) is 5.15 Å². The van der Waals surface area contributed by atoms with Crippen molar-refractivity contribution in [3.05, 3.63) is 50.1 Å². The van der Waals surface area contributed by atoms with Gasteiger partial charge in [-0.25, -0.2) is 4.98 Å². The number of rotatable bonds is 4. The SMILES string of the molecule is COc1ccc(C(C)Nc2cnc(Cl)c(Br)c2)cc1Br. The Morgan fingerprint density at radius 2 is 2.00 bits per heavy atom. The topological polar surface area (TPSA) is 34.1 Å². The normalized spacial score (nSPS) is 12.1. The Bertz CT molecular complexity index is 622. The maximum atomic E-state index is 5.88. The maximum absolute atomic E-state index is 5.88. The van der Waals surface area contributed by atoms with Crippen LogP contribution in [0.15, 0.2) is 39.4 Å². The van der Waals surface area contributed by atoms with Crippen molar-refractivity contribution < 1.29 is 4.74 Å². The highest BCUT2D eigenvalue weighted by molar-refractivity contribution is 9.10. The molecule has 1 aromatic carbocycles. The molecule has 0 bridgehead atoms. The smallest absolute Gasteiger partial charge is 0.143 e. The Labute approximate surface area is 140 Å². The van der Waals surface area contributed by atoms with Crippen LogP contribution in [0.2, 0.25) is 5.15 Å². The Kier molecular flexibility index (Phi) is 5.29. The molecule has 0 fully saturated rings. The summed E-state index contributed by atoms with van der Waals surface area (Å²) in [6, 6.07) is 8.04. The summed E-state index contributed by atoms with van der Waals surface area (Å²) in [5.74, 6) is 0.817. The van der Waals surface area contributed by atoms with Crippen LogP contribution in [0.4, 0.5) is 5.69 Å². The number of hydrogen-bond acceptors (Lipinski definition) is 3. The zero-order chi connectivity index (χ0) is 14.7. The average molecular weight is 421 g/mol. The lowest BCUT2D eigenvalue weighted by Crippen LogP contribution is -2.07. The first kappa shape index (κ1) is 15.6. The molecule has 106 valence electrons. The molecule has 2 rings (SSSR count). The summed E-state index contributed by atoms with van der Waals surface area (Å²) in [4.78, 5) is 4.10. The molecule has 0 aliphatic rings. The average Bonchev–Trinajstić information content (AvgIpc) is 2.42. The van der Waals surface area contributed by atoms with Gasteiger partial charge in [0.2, 0.25) is 0 Å². The Morgan fingerprint density at radius 1 is 1.25 bits per heavy atom. The van der Waals surface area contributed by atoms with E-state index in [1.54, 1.807) is 13.3 Å². The summed E-state index contributed by atoms with van der Waals surface area (Å²) in [5.41, 5.74) is 2.05. The molecule has 0 amide bonds. The summed E-state index contributed by atoms with van der Waals surface area (Å²) in [7, 11) is 1.65. The van der Waals surface area contributed by atoms with E-state index in [0.717, 1.165) is 25.9 Å². The molecule has 0 saturated heterocycles. The molecule has 0 aliphatic heterocycles. The maximum Gasteiger partial charge on any atom is 0.143 e. The third-order valence-electron chi connectivity index (χ3n) is 2.86. The molecule has 1 heterocycles. The monoisotopic (exact) mass is 418 g/mol. The Balaban J connectivity index is 2.17. The van der Waals surface area contributed by atoms with Gasteiger partial charge < -0.3 is 10.1 Å². The van der Waals surface area contributed by atoms with Crippen LogP contribution in [0.25, 0.3) is 0 Å². The van der Waals surface area contributed by atoms with Crippen molar-refractivity contribution in [2.75, 3.05) is 12.4 Å². The summed E-state index contributed by atoms with van der Waals surface area (Å²) in [6.45, 7) is 2.08. The van der Waals surface area contributed by atoms with Gasteiger partial charge in [-0.2, -0.15) is 0 Å². The van der Waals surface area contributed by atoms with Gasteiger partial charge in [0.1, 0.15) is 10.9 Å². The molecule has 20 heavy (non-hydrogen) atoms. The molecule has 0 radical (unpaired) electrons. The molecule has 0 saturated carbocycles. The summed E-state index contributed by atoms with van der Waals surface area (Å²) in [6.07, 6.45) is 1.71. The van der Waals surface area contributed by atoms with Gasteiger partial charge in [0.05, 0.1) is 27.9 Å². The van der Waals surface area contributed by atoms with Gasteiger partial charge in [0.25, 0.3) is 0 Å². The minimum atomic E-state index is 0.132. The van der Waals surface area contributed by atoms with Crippen LogP contribution in [-0.4, -0.2) is 12.1 Å². The zero-order valence-electron chi connectivity index (χ0n) is 11.0. The molecule has 1 unspecified atom stereocenters. The van der Waals surface area contributed by atoms with Crippen LogP contribution in [0.3, 0.4) is 0 Å². The first-order valence-corrected chi connectivity index (χ1v) is 7.88. The lowest BCUT2D eigenvalue weighted by Gasteiger charge is -2.17. The van der Waals surface area contributed by atoms with Gasteiger partial charge in [-0.3, -0.25) is 0 Å². The molecule has 3 nitrogen and oxygen atoms in total. The highest BCUT2D eigenvalue weighted by atomic mass is 79.9. The number of ether oxygens (including phenoxy) is 1. The van der Waals surface area contributed by atoms with E-state index in [1.165, 1.54) is 0 Å². The van der Waals surface area contributed by atoms with Gasteiger partial charge in [-0.1, -0.05) is 17.7 Å². The van der Waals surface area contributed by atoms with Crippen LogP contribution in [0.1, 0.15) is 18.5 Å². The zero-order valence-corrected chi connectivity index (χ0v) is 14.9. The number of nitrogens with one attached hydrogen (secondary N) is 1. The molecular formula is C14H13Br2ClN2O. The van der Waals surface area contributed by atoms with E-state index in [9.17, 15) is 0 Å². The number of aromatic nitrogens is 1. The first-order chi connectivity index (χ1) is 9.51. The van der Waals surface area contributed by atoms with Crippen molar-refractivity contribution >= 4 is 49.1 Å². The third-order valence-corrected chi connectivity index (χ3v) is 4.61. The van der Waals surface area contributed by atoms with Crippen LogP contribution in [-0.2, 0) is 0 Å². The van der Waals surface area contributed by atoms with Crippen molar-refractivity contribution in [2.45, 2.75) is 13.0 Å². The summed E-state index contributed by atoms with van der Waals surface area (Å²) >= 11 is 12.7. The van der Waals surface area contributed by atoms with Gasteiger partial charge in [-0.15, -0.1) is 0 Å². The number of anilines is 1. The second kappa shape index (κ2) is 6.78. The van der Waals surface area contributed by atoms with Crippen molar-refractivity contribution in [1.82, 2.24) is 4.98 Å². The second-order valence-electron chi connectivity index (χ2n) is 4.26. The van der Waals surface area contributed by atoms with E-state index < -0.39 is 0 Å². The first-order valence-electron chi connectivity index (χ1n) is 5.92. The standard InChI is InChI=1S/C14H13Br2ClN2O/c1-8(9-3-4-13(20-2)11(15)5-9)19-10-6-12(16)14(17)18-7-10/h3-8,19H,1-2H3. The predicted octanol–water partition coefficient (Wildman–Crippen LogP) is 5.44. The van der Waals surface area contributed by atoms with Gasteiger partial charge in [0.15, 0.2) is 0 Å². The Morgan fingerprint density at radius 3 is 2.60 bits per heavy atom. The number of methoxy groups -OCH3 is 1. The van der Waals surface area contributed by atoms with Crippen LogP contribution in [0, 0.1) is 0 Å². The Hall–Kier alpha value is -0.780. The quantitative estimate of drug-likeness (QED) is 0.669. The van der Waals surface area contributed by atoms with Crippen molar-refractivity contribution in [3.8, 4) is 5.75 Å². The predicted molar refractivity (Wildman–Crippen MR) is 89.7 cm³/mol. The lowest BCUT2D eigenvalue weighted by atomic mass is 10.1. The third kappa shape index (κ3) is 3.65. The summed E-state index contributed by atoms with van der Waals surface area (Å²) in [5, 5.41) is 3.83. The van der Waals surface area contributed by atoms with Crippen molar-refractivity contribution in [1.29, 1.82) is 0 Å². The number of hydrogen-bond donors (Lipinski definition) is 1. The highest BCUT2D eigenvalue weighted by Crippen LogP contribution is 2.30. The number of halogens is 3. The molecular weight excluding hydrogens is 407 g/mol. The van der Waals surface area contributed by atoms with Crippen molar-refractivity contribution in [3.63, 3.8) is 0 Å². The molecule has 1 aromatic heterocycles. The highest BCUT2D eigenvalue weighted by Gasteiger charge is 2.09.